The lowest BCUT2D eigenvalue weighted by Crippen LogP contribution is -2.40. The van der Waals surface area contributed by atoms with Gasteiger partial charge in [0.15, 0.2) is 0 Å². The zero-order valence-corrected chi connectivity index (χ0v) is 17.8. The lowest BCUT2D eigenvalue weighted by Gasteiger charge is -2.31. The second kappa shape index (κ2) is 9.59. The highest BCUT2D eigenvalue weighted by molar-refractivity contribution is 5.31. The van der Waals surface area contributed by atoms with E-state index in [0.717, 1.165) is 62.2 Å². The predicted molar refractivity (Wildman–Crippen MR) is 113 cm³/mol. The maximum absolute atomic E-state index is 13.3. The van der Waals surface area contributed by atoms with Crippen LogP contribution >= 0.6 is 0 Å². The van der Waals surface area contributed by atoms with Crippen molar-refractivity contribution in [3.63, 3.8) is 0 Å². The fraction of sp³-hybridized carbons (Fsp3) is 0.500. The molecule has 0 aromatic heterocycles. The van der Waals surface area contributed by atoms with Gasteiger partial charge in [-0.1, -0.05) is 30.3 Å². The molecule has 0 amide bonds. The van der Waals surface area contributed by atoms with E-state index in [2.05, 4.69) is 15.9 Å². The van der Waals surface area contributed by atoms with Gasteiger partial charge < -0.3 is 9.47 Å². The van der Waals surface area contributed by atoms with Crippen LogP contribution in [0.25, 0.3) is 0 Å². The van der Waals surface area contributed by atoms with Gasteiger partial charge in [-0.3, -0.25) is 9.80 Å². The minimum Gasteiger partial charge on any atom is -0.497 e. The van der Waals surface area contributed by atoms with Crippen LogP contribution in [0.3, 0.4) is 0 Å². The SMILES string of the molecule is COc1cccc(CN2CC(CN3CCOCC3)C(c3cccc(C(F)(F)F)c3)C2)c1. The number of hydrogen-bond donors (Lipinski definition) is 0. The van der Waals surface area contributed by atoms with Crippen LogP contribution in [0.5, 0.6) is 5.75 Å². The molecule has 2 saturated heterocycles. The smallest absolute Gasteiger partial charge is 0.416 e. The van der Waals surface area contributed by atoms with Crippen LogP contribution in [0.4, 0.5) is 13.2 Å². The summed E-state index contributed by atoms with van der Waals surface area (Å²) in [6.07, 6.45) is -4.32. The van der Waals surface area contributed by atoms with E-state index in [0.29, 0.717) is 13.2 Å². The Hall–Kier alpha value is -2.09. The summed E-state index contributed by atoms with van der Waals surface area (Å²) in [7, 11) is 1.65. The first-order valence-electron chi connectivity index (χ1n) is 10.7. The van der Waals surface area contributed by atoms with Crippen molar-refractivity contribution >= 4 is 0 Å². The number of halogens is 3. The van der Waals surface area contributed by atoms with Crippen molar-refractivity contribution in [2.24, 2.45) is 5.92 Å². The highest BCUT2D eigenvalue weighted by Crippen LogP contribution is 2.37. The molecule has 2 aliphatic heterocycles. The van der Waals surface area contributed by atoms with Crippen molar-refractivity contribution in [1.82, 2.24) is 9.80 Å². The molecule has 7 heteroatoms. The predicted octanol–water partition coefficient (Wildman–Crippen LogP) is 4.26. The largest absolute Gasteiger partial charge is 0.497 e. The van der Waals surface area contributed by atoms with Gasteiger partial charge in [-0.25, -0.2) is 0 Å². The summed E-state index contributed by atoms with van der Waals surface area (Å²) in [5, 5.41) is 0. The maximum Gasteiger partial charge on any atom is 0.416 e. The molecule has 31 heavy (non-hydrogen) atoms. The van der Waals surface area contributed by atoms with Gasteiger partial charge in [0.2, 0.25) is 0 Å². The molecule has 2 aliphatic rings. The van der Waals surface area contributed by atoms with E-state index < -0.39 is 11.7 Å². The number of likely N-dealkylation sites (tertiary alicyclic amines) is 1. The number of ether oxygens (including phenoxy) is 2. The van der Waals surface area contributed by atoms with Gasteiger partial charge in [0, 0.05) is 45.2 Å². The van der Waals surface area contributed by atoms with Crippen molar-refractivity contribution < 1.29 is 22.6 Å². The van der Waals surface area contributed by atoms with Crippen LogP contribution in [0.2, 0.25) is 0 Å². The van der Waals surface area contributed by atoms with E-state index in [1.165, 1.54) is 12.1 Å². The summed E-state index contributed by atoms with van der Waals surface area (Å²) in [4.78, 5) is 4.73. The second-order valence-corrected chi connectivity index (χ2v) is 8.45. The average Bonchev–Trinajstić information content (AvgIpc) is 3.16. The van der Waals surface area contributed by atoms with Gasteiger partial charge in [0.05, 0.1) is 25.9 Å². The molecule has 2 aromatic rings. The molecule has 168 valence electrons. The van der Waals surface area contributed by atoms with Crippen LogP contribution in [0, 0.1) is 5.92 Å². The van der Waals surface area contributed by atoms with E-state index in [4.69, 9.17) is 9.47 Å². The number of alkyl halides is 3. The van der Waals surface area contributed by atoms with Gasteiger partial charge in [-0.2, -0.15) is 13.2 Å². The van der Waals surface area contributed by atoms with Crippen molar-refractivity contribution in [2.45, 2.75) is 18.6 Å². The molecular formula is C24H29F3N2O2. The number of rotatable bonds is 6. The third-order valence-corrected chi connectivity index (χ3v) is 6.30. The Kier molecular flexibility index (Phi) is 6.84. The topological polar surface area (TPSA) is 24.9 Å². The Labute approximate surface area is 181 Å². The van der Waals surface area contributed by atoms with Crippen LogP contribution in [-0.4, -0.2) is 62.8 Å². The van der Waals surface area contributed by atoms with Gasteiger partial charge in [-0.05, 0) is 35.2 Å². The first-order chi connectivity index (χ1) is 14.9. The highest BCUT2D eigenvalue weighted by Gasteiger charge is 2.37. The fourth-order valence-corrected chi connectivity index (χ4v) is 4.74. The van der Waals surface area contributed by atoms with Gasteiger partial charge in [-0.15, -0.1) is 0 Å². The summed E-state index contributed by atoms with van der Waals surface area (Å²) >= 11 is 0. The average molecular weight is 435 g/mol. The highest BCUT2D eigenvalue weighted by atomic mass is 19.4. The maximum atomic E-state index is 13.3. The molecule has 0 aliphatic carbocycles. The number of nitrogens with zero attached hydrogens (tertiary/aromatic N) is 2. The van der Waals surface area contributed by atoms with Gasteiger partial charge in [0.25, 0.3) is 0 Å². The summed E-state index contributed by atoms with van der Waals surface area (Å²) < 4.78 is 50.7. The second-order valence-electron chi connectivity index (χ2n) is 8.45. The van der Waals surface area contributed by atoms with Crippen LogP contribution < -0.4 is 4.74 Å². The molecule has 4 rings (SSSR count). The van der Waals surface area contributed by atoms with E-state index in [1.807, 2.05) is 24.3 Å². The molecule has 4 nitrogen and oxygen atoms in total. The quantitative estimate of drug-likeness (QED) is 0.678. The molecule has 2 aromatic carbocycles. The van der Waals surface area contributed by atoms with Crippen LogP contribution in [0.15, 0.2) is 48.5 Å². The Morgan fingerprint density at radius 2 is 1.77 bits per heavy atom. The molecule has 0 N–H and O–H groups in total. The van der Waals surface area contributed by atoms with Crippen LogP contribution in [0.1, 0.15) is 22.6 Å². The monoisotopic (exact) mass is 434 g/mol. The summed E-state index contributed by atoms with van der Waals surface area (Å²) in [6.45, 7) is 6.42. The summed E-state index contributed by atoms with van der Waals surface area (Å²) in [5.74, 6) is 1.15. The molecule has 0 saturated carbocycles. The van der Waals surface area contributed by atoms with Crippen molar-refractivity contribution in [1.29, 1.82) is 0 Å². The third-order valence-electron chi connectivity index (χ3n) is 6.30. The molecule has 0 bridgehead atoms. The van der Waals surface area contributed by atoms with E-state index >= 15 is 0 Å². The molecule has 2 heterocycles. The normalized spacial score (nSPS) is 23.2. The summed E-state index contributed by atoms with van der Waals surface area (Å²) in [6, 6.07) is 13.9. The van der Waals surface area contributed by atoms with Crippen molar-refractivity contribution in [2.75, 3.05) is 53.0 Å². The molecule has 2 fully saturated rings. The lowest BCUT2D eigenvalue weighted by atomic mass is 9.87. The number of hydrogen-bond acceptors (Lipinski definition) is 4. The minimum atomic E-state index is -4.32. The zero-order valence-electron chi connectivity index (χ0n) is 17.8. The van der Waals surface area contributed by atoms with Gasteiger partial charge >= 0.3 is 6.18 Å². The fourth-order valence-electron chi connectivity index (χ4n) is 4.74. The first kappa shape index (κ1) is 22.1. The third kappa shape index (κ3) is 5.59. The molecule has 0 spiro atoms. The Morgan fingerprint density at radius 1 is 1.00 bits per heavy atom. The van der Waals surface area contributed by atoms with Crippen molar-refractivity contribution in [3.05, 3.63) is 65.2 Å². The van der Waals surface area contributed by atoms with E-state index in [1.54, 1.807) is 7.11 Å². The Balaban J connectivity index is 1.54. The Bertz CT molecular complexity index is 868. The number of methoxy groups -OCH3 is 1. The van der Waals surface area contributed by atoms with Crippen LogP contribution in [-0.2, 0) is 17.5 Å². The number of benzene rings is 2. The molecule has 2 unspecified atom stereocenters. The van der Waals surface area contributed by atoms with E-state index in [9.17, 15) is 13.2 Å². The molecule has 0 radical (unpaired) electrons. The molecular weight excluding hydrogens is 405 g/mol. The minimum absolute atomic E-state index is 0.0655. The standard InChI is InChI=1S/C24H29F3N2O2/c1-30-22-7-2-4-18(12-22)14-29-16-20(15-28-8-10-31-11-9-28)23(17-29)19-5-3-6-21(13-19)24(25,26)27/h2-7,12-13,20,23H,8-11,14-17H2,1H3. The summed E-state index contributed by atoms with van der Waals surface area (Å²) in [5.41, 5.74) is 1.36. The van der Waals surface area contributed by atoms with Gasteiger partial charge in [0.1, 0.15) is 5.75 Å². The first-order valence-corrected chi connectivity index (χ1v) is 10.7. The van der Waals surface area contributed by atoms with E-state index in [-0.39, 0.29) is 11.8 Å². The molecule has 2 atom stereocenters. The zero-order chi connectivity index (χ0) is 21.8. The Morgan fingerprint density at radius 3 is 2.52 bits per heavy atom. The lowest BCUT2D eigenvalue weighted by molar-refractivity contribution is -0.137. The number of morpholine rings is 1. The van der Waals surface area contributed by atoms with Crippen molar-refractivity contribution in [3.8, 4) is 5.75 Å².